The van der Waals surface area contributed by atoms with Crippen LogP contribution in [0.3, 0.4) is 0 Å². The number of aromatic nitrogens is 1. The third-order valence-electron chi connectivity index (χ3n) is 6.17. The van der Waals surface area contributed by atoms with Crippen LogP contribution in [0.1, 0.15) is 29.3 Å². The normalized spacial score (nSPS) is 15.5. The van der Waals surface area contributed by atoms with Gasteiger partial charge in [0.15, 0.2) is 0 Å². The summed E-state index contributed by atoms with van der Waals surface area (Å²) in [6.45, 7) is 1.95. The van der Waals surface area contributed by atoms with Gasteiger partial charge in [-0.2, -0.15) is 5.10 Å². The fraction of sp³-hybridized carbons (Fsp3) is 0.179. The standard InChI is InChI=1S/C28H23BrClN3O2/c1-17-27(28(19-6-4-3-5-7-19)22-14-21(30)12-13-23(22)31-17)24-15-25(18-8-10-20(29)11-9-18)33(32-24)26(34)16-35-2/h3-14,25H,15-16H2,1-2H3/t25-/m1/s1. The highest BCUT2D eigenvalue weighted by Gasteiger charge is 2.35. The van der Waals surface area contributed by atoms with Gasteiger partial charge in [-0.3, -0.25) is 9.78 Å². The van der Waals surface area contributed by atoms with E-state index in [2.05, 4.69) is 28.1 Å². The maximum absolute atomic E-state index is 13.0. The second-order valence-electron chi connectivity index (χ2n) is 8.46. The van der Waals surface area contributed by atoms with Crippen molar-refractivity contribution in [2.45, 2.75) is 19.4 Å². The number of fused-ring (bicyclic) bond motifs is 1. The number of benzene rings is 3. The summed E-state index contributed by atoms with van der Waals surface area (Å²) in [6, 6.07) is 23.7. The summed E-state index contributed by atoms with van der Waals surface area (Å²) in [7, 11) is 1.52. The number of hydrogen-bond donors (Lipinski definition) is 0. The van der Waals surface area contributed by atoms with Crippen LogP contribution in [0.15, 0.2) is 82.4 Å². The van der Waals surface area contributed by atoms with Gasteiger partial charge in [-0.15, -0.1) is 0 Å². The van der Waals surface area contributed by atoms with Crippen molar-refractivity contribution in [2.24, 2.45) is 5.10 Å². The minimum Gasteiger partial charge on any atom is -0.375 e. The Kier molecular flexibility index (Phi) is 6.69. The van der Waals surface area contributed by atoms with Crippen LogP contribution in [0.2, 0.25) is 5.02 Å². The maximum atomic E-state index is 13.0. The lowest BCUT2D eigenvalue weighted by atomic mass is 9.89. The van der Waals surface area contributed by atoms with Crippen LogP contribution in [0.4, 0.5) is 0 Å². The average Bonchev–Trinajstić information content (AvgIpc) is 3.30. The maximum Gasteiger partial charge on any atom is 0.269 e. The fourth-order valence-electron chi connectivity index (χ4n) is 4.64. The van der Waals surface area contributed by atoms with E-state index in [0.29, 0.717) is 11.4 Å². The Balaban J connectivity index is 1.72. The lowest BCUT2D eigenvalue weighted by Gasteiger charge is -2.21. The summed E-state index contributed by atoms with van der Waals surface area (Å²) >= 11 is 9.91. The van der Waals surface area contributed by atoms with Crippen molar-refractivity contribution in [3.63, 3.8) is 0 Å². The summed E-state index contributed by atoms with van der Waals surface area (Å²) in [6.07, 6.45) is 0.561. The Morgan fingerprint density at radius 2 is 1.83 bits per heavy atom. The third kappa shape index (κ3) is 4.61. The van der Waals surface area contributed by atoms with Gasteiger partial charge >= 0.3 is 0 Å². The molecule has 0 saturated heterocycles. The second kappa shape index (κ2) is 9.90. The predicted octanol–water partition coefficient (Wildman–Crippen LogP) is 6.95. The number of pyridine rings is 1. The number of methoxy groups -OCH3 is 1. The molecule has 7 heteroatoms. The second-order valence-corrected chi connectivity index (χ2v) is 9.82. The molecule has 0 bridgehead atoms. The summed E-state index contributed by atoms with van der Waals surface area (Å²) in [5.74, 6) is -0.189. The average molecular weight is 549 g/mol. The van der Waals surface area contributed by atoms with Crippen LogP contribution in [-0.4, -0.2) is 35.3 Å². The van der Waals surface area contributed by atoms with Crippen molar-refractivity contribution in [1.82, 2.24) is 9.99 Å². The number of hydrogen-bond acceptors (Lipinski definition) is 4. The molecule has 1 aliphatic rings. The molecule has 4 aromatic rings. The minimum absolute atomic E-state index is 0.0418. The first-order chi connectivity index (χ1) is 17.0. The van der Waals surface area contributed by atoms with Crippen molar-refractivity contribution in [1.29, 1.82) is 0 Å². The zero-order chi connectivity index (χ0) is 24.5. The Morgan fingerprint density at radius 3 is 2.54 bits per heavy atom. The number of amides is 1. The molecule has 5 rings (SSSR count). The zero-order valence-electron chi connectivity index (χ0n) is 19.3. The molecule has 3 aromatic carbocycles. The van der Waals surface area contributed by atoms with E-state index in [0.717, 1.165) is 49.0 Å². The predicted molar refractivity (Wildman–Crippen MR) is 144 cm³/mol. The van der Waals surface area contributed by atoms with Gasteiger partial charge in [0.1, 0.15) is 6.61 Å². The fourth-order valence-corrected chi connectivity index (χ4v) is 5.08. The van der Waals surface area contributed by atoms with E-state index < -0.39 is 0 Å². The topological polar surface area (TPSA) is 54.8 Å². The number of carbonyl (C=O) groups excluding carboxylic acids is 1. The largest absolute Gasteiger partial charge is 0.375 e. The molecular weight excluding hydrogens is 526 g/mol. The van der Waals surface area contributed by atoms with Crippen molar-refractivity contribution in [2.75, 3.05) is 13.7 Å². The summed E-state index contributed by atoms with van der Waals surface area (Å²) < 4.78 is 6.13. The lowest BCUT2D eigenvalue weighted by molar-refractivity contribution is -0.137. The quantitative estimate of drug-likeness (QED) is 0.271. The van der Waals surface area contributed by atoms with Crippen LogP contribution in [-0.2, 0) is 9.53 Å². The first-order valence-electron chi connectivity index (χ1n) is 11.3. The van der Waals surface area contributed by atoms with E-state index in [-0.39, 0.29) is 18.6 Å². The molecule has 2 heterocycles. The Bertz CT molecular complexity index is 1440. The number of nitrogens with zero attached hydrogens (tertiary/aromatic N) is 3. The molecule has 176 valence electrons. The monoisotopic (exact) mass is 547 g/mol. The van der Waals surface area contributed by atoms with E-state index >= 15 is 0 Å². The van der Waals surface area contributed by atoms with E-state index in [9.17, 15) is 4.79 Å². The van der Waals surface area contributed by atoms with Crippen LogP contribution < -0.4 is 0 Å². The van der Waals surface area contributed by atoms with Crippen molar-refractivity contribution in [3.05, 3.63) is 99.1 Å². The first kappa shape index (κ1) is 23.7. The molecule has 35 heavy (non-hydrogen) atoms. The Labute approximate surface area is 217 Å². The van der Waals surface area contributed by atoms with Gasteiger partial charge in [0.05, 0.1) is 17.3 Å². The van der Waals surface area contributed by atoms with E-state index in [1.807, 2.05) is 67.6 Å². The molecule has 5 nitrogen and oxygen atoms in total. The molecule has 0 fully saturated rings. The molecule has 0 N–H and O–H groups in total. The van der Waals surface area contributed by atoms with Crippen molar-refractivity contribution in [3.8, 4) is 11.1 Å². The Hall–Kier alpha value is -3.06. The van der Waals surface area contributed by atoms with Gasteiger partial charge in [-0.25, -0.2) is 5.01 Å². The van der Waals surface area contributed by atoms with Gasteiger partial charge in [0.25, 0.3) is 5.91 Å². The third-order valence-corrected chi connectivity index (χ3v) is 6.93. The Morgan fingerprint density at radius 1 is 1.09 bits per heavy atom. The SMILES string of the molecule is COCC(=O)N1N=C(c2c(C)nc3ccc(Cl)cc3c2-c2ccccc2)C[C@@H]1c1ccc(Br)cc1. The molecule has 1 atom stereocenters. The lowest BCUT2D eigenvalue weighted by Crippen LogP contribution is -2.30. The minimum atomic E-state index is -0.237. The molecular formula is C28H23BrClN3O2. The number of carbonyl (C=O) groups is 1. The summed E-state index contributed by atoms with van der Waals surface area (Å²) in [5.41, 5.74) is 6.54. The molecule has 0 saturated carbocycles. The number of hydrazone groups is 1. The van der Waals surface area contributed by atoms with Gasteiger partial charge in [0.2, 0.25) is 0 Å². The van der Waals surface area contributed by atoms with Crippen LogP contribution >= 0.6 is 27.5 Å². The summed E-state index contributed by atoms with van der Waals surface area (Å²) in [5, 5.41) is 8.02. The van der Waals surface area contributed by atoms with Crippen molar-refractivity contribution >= 4 is 50.1 Å². The van der Waals surface area contributed by atoms with Gasteiger partial charge in [-0.1, -0.05) is 70.0 Å². The van der Waals surface area contributed by atoms with Gasteiger partial charge in [-0.05, 0) is 48.4 Å². The molecule has 0 aliphatic carbocycles. The number of aryl methyl sites for hydroxylation is 1. The van der Waals surface area contributed by atoms with Crippen molar-refractivity contribution < 1.29 is 9.53 Å². The van der Waals surface area contributed by atoms with Crippen LogP contribution in [0.5, 0.6) is 0 Å². The van der Waals surface area contributed by atoms with Crippen LogP contribution in [0.25, 0.3) is 22.0 Å². The highest BCUT2D eigenvalue weighted by Crippen LogP contribution is 2.40. The highest BCUT2D eigenvalue weighted by molar-refractivity contribution is 9.10. The highest BCUT2D eigenvalue weighted by atomic mass is 79.9. The van der Waals surface area contributed by atoms with Gasteiger partial charge < -0.3 is 4.74 Å². The van der Waals surface area contributed by atoms with E-state index in [1.54, 1.807) is 5.01 Å². The smallest absolute Gasteiger partial charge is 0.269 e. The molecule has 1 aromatic heterocycles. The number of ether oxygens (including phenoxy) is 1. The van der Waals surface area contributed by atoms with Gasteiger partial charge in [0, 0.05) is 45.2 Å². The number of rotatable bonds is 5. The molecule has 0 spiro atoms. The first-order valence-corrected chi connectivity index (χ1v) is 12.4. The van der Waals surface area contributed by atoms with E-state index in [1.165, 1.54) is 7.11 Å². The molecule has 0 radical (unpaired) electrons. The summed E-state index contributed by atoms with van der Waals surface area (Å²) in [4.78, 5) is 17.9. The molecule has 1 aliphatic heterocycles. The molecule has 0 unspecified atom stereocenters. The van der Waals surface area contributed by atoms with Crippen LogP contribution in [0, 0.1) is 6.92 Å². The molecule has 1 amide bonds. The number of halogens is 2. The van der Waals surface area contributed by atoms with E-state index in [4.69, 9.17) is 26.4 Å². The zero-order valence-corrected chi connectivity index (χ0v) is 21.7.